The number of nitrogens with one attached hydrogen (secondary N) is 2. The first kappa shape index (κ1) is 18.1. The van der Waals surface area contributed by atoms with E-state index in [1.54, 1.807) is 17.5 Å². The van der Waals surface area contributed by atoms with Crippen molar-refractivity contribution in [2.24, 2.45) is 23.5 Å². The van der Waals surface area contributed by atoms with Crippen molar-refractivity contribution in [3.63, 3.8) is 0 Å². The molecule has 2 aliphatic rings. The highest BCUT2D eigenvalue weighted by molar-refractivity contribution is 7.14. The second-order valence-electron chi connectivity index (χ2n) is 7.34. The molecule has 0 saturated heterocycles. The van der Waals surface area contributed by atoms with Crippen molar-refractivity contribution in [1.82, 2.24) is 4.98 Å². The second kappa shape index (κ2) is 7.01. The number of carbonyl (C=O) groups is 2. The number of nitrogens with zero attached hydrogens (tertiary/aromatic N) is 1. The first-order valence-corrected chi connectivity index (χ1v) is 9.90. The summed E-state index contributed by atoms with van der Waals surface area (Å²) in [5.74, 6) is -0.182. The summed E-state index contributed by atoms with van der Waals surface area (Å²) in [5.41, 5.74) is 7.37. The lowest BCUT2D eigenvalue weighted by Gasteiger charge is -2.26. The minimum Gasteiger partial charge on any atom is -0.327 e. The number of hydrogen-bond acceptors (Lipinski definition) is 5. The Labute approximate surface area is 160 Å². The van der Waals surface area contributed by atoms with Crippen LogP contribution in [0.1, 0.15) is 26.2 Å². The number of nitrogens with two attached hydrogens (primary N) is 1. The molecular weight excluding hydrogens is 367 g/mol. The summed E-state index contributed by atoms with van der Waals surface area (Å²) in [6, 6.07) is 4.35. The van der Waals surface area contributed by atoms with Crippen LogP contribution in [0.4, 0.5) is 15.2 Å². The van der Waals surface area contributed by atoms with E-state index in [9.17, 15) is 14.0 Å². The molecule has 142 valence electrons. The predicted molar refractivity (Wildman–Crippen MR) is 103 cm³/mol. The molecule has 1 aromatic heterocycles. The molecule has 0 radical (unpaired) electrons. The van der Waals surface area contributed by atoms with Crippen LogP contribution in [-0.2, 0) is 9.59 Å². The fourth-order valence-electron chi connectivity index (χ4n) is 4.37. The summed E-state index contributed by atoms with van der Waals surface area (Å²) in [6.45, 7) is 1.36. The Hall–Kier alpha value is -2.32. The topological polar surface area (TPSA) is 97.1 Å². The number of anilines is 2. The van der Waals surface area contributed by atoms with Crippen molar-refractivity contribution in [1.29, 1.82) is 0 Å². The third-order valence-electron chi connectivity index (χ3n) is 5.58. The molecule has 2 saturated carbocycles. The molecule has 8 heteroatoms. The minimum absolute atomic E-state index is 0.0815. The number of aromatic nitrogens is 1. The van der Waals surface area contributed by atoms with Crippen LogP contribution in [-0.4, -0.2) is 22.8 Å². The van der Waals surface area contributed by atoms with Gasteiger partial charge in [-0.1, -0.05) is 0 Å². The molecule has 27 heavy (non-hydrogen) atoms. The first-order valence-electron chi connectivity index (χ1n) is 9.02. The number of carbonyl (C=O) groups excluding carboxylic acids is 2. The maximum Gasteiger partial charge on any atom is 0.231 e. The molecule has 4 N–H and O–H groups in total. The largest absolute Gasteiger partial charge is 0.327 e. The maximum atomic E-state index is 14.4. The normalized spacial score (nSPS) is 26.2. The second-order valence-corrected chi connectivity index (χ2v) is 8.20. The Morgan fingerprint density at radius 2 is 2.04 bits per heavy atom. The van der Waals surface area contributed by atoms with Crippen LogP contribution in [0.3, 0.4) is 0 Å². The van der Waals surface area contributed by atoms with Gasteiger partial charge >= 0.3 is 0 Å². The van der Waals surface area contributed by atoms with Crippen LogP contribution < -0.4 is 16.4 Å². The van der Waals surface area contributed by atoms with Crippen molar-refractivity contribution in [3.8, 4) is 11.3 Å². The van der Waals surface area contributed by atoms with Gasteiger partial charge in [0.15, 0.2) is 5.13 Å². The van der Waals surface area contributed by atoms with E-state index in [0.717, 1.165) is 19.3 Å². The van der Waals surface area contributed by atoms with Crippen molar-refractivity contribution >= 4 is 34.0 Å². The van der Waals surface area contributed by atoms with E-state index >= 15 is 0 Å². The number of rotatable bonds is 4. The standard InChI is InChI=1S/C19H21FN4O2S/c1-9(25)22-12-4-5-13(14(20)7-12)15-8-27-19(23-15)24-18(26)16-10-2-3-11(6-10)17(16)21/h4-5,7-8,10-11,16-17H,2-3,6,21H2,1H3,(H,22,25)(H,23,24,26). The van der Waals surface area contributed by atoms with Gasteiger partial charge in [-0.2, -0.15) is 0 Å². The van der Waals surface area contributed by atoms with Gasteiger partial charge in [0.1, 0.15) is 5.82 Å². The van der Waals surface area contributed by atoms with E-state index in [0.29, 0.717) is 33.9 Å². The molecule has 1 aromatic carbocycles. The summed E-state index contributed by atoms with van der Waals surface area (Å²) in [6.07, 6.45) is 3.21. The molecule has 2 fully saturated rings. The van der Waals surface area contributed by atoms with E-state index < -0.39 is 5.82 Å². The number of amides is 2. The Morgan fingerprint density at radius 1 is 1.26 bits per heavy atom. The molecule has 2 amide bonds. The fraction of sp³-hybridized carbons (Fsp3) is 0.421. The van der Waals surface area contributed by atoms with Crippen LogP contribution >= 0.6 is 11.3 Å². The van der Waals surface area contributed by atoms with E-state index in [-0.39, 0.29) is 23.8 Å². The third kappa shape index (κ3) is 3.46. The lowest BCUT2D eigenvalue weighted by Crippen LogP contribution is -2.42. The highest BCUT2D eigenvalue weighted by Gasteiger charge is 2.49. The van der Waals surface area contributed by atoms with Gasteiger partial charge in [0, 0.05) is 29.6 Å². The molecule has 2 bridgehead atoms. The Balaban J connectivity index is 1.47. The van der Waals surface area contributed by atoms with Gasteiger partial charge in [0.2, 0.25) is 11.8 Å². The molecule has 4 unspecified atom stereocenters. The molecule has 2 aromatic rings. The zero-order valence-electron chi connectivity index (χ0n) is 14.9. The summed E-state index contributed by atoms with van der Waals surface area (Å²) < 4.78 is 14.4. The number of hydrogen-bond donors (Lipinski definition) is 3. The average molecular weight is 388 g/mol. The number of benzene rings is 1. The monoisotopic (exact) mass is 388 g/mol. The molecule has 6 nitrogen and oxygen atoms in total. The number of halogens is 1. The summed E-state index contributed by atoms with van der Waals surface area (Å²) in [7, 11) is 0. The average Bonchev–Trinajstić information content (AvgIpc) is 3.30. The predicted octanol–water partition coefficient (Wildman–Crippen LogP) is 3.22. The van der Waals surface area contributed by atoms with E-state index in [1.165, 1.54) is 24.3 Å². The summed E-state index contributed by atoms with van der Waals surface area (Å²) >= 11 is 1.26. The molecule has 4 rings (SSSR count). The summed E-state index contributed by atoms with van der Waals surface area (Å²) in [4.78, 5) is 28.1. The van der Waals surface area contributed by atoms with E-state index in [4.69, 9.17) is 5.73 Å². The molecule has 2 aliphatic carbocycles. The molecular formula is C19H21FN4O2S. The van der Waals surface area contributed by atoms with Crippen LogP contribution in [0.15, 0.2) is 23.6 Å². The van der Waals surface area contributed by atoms with Gasteiger partial charge in [0.05, 0.1) is 11.6 Å². The number of fused-ring (bicyclic) bond motifs is 2. The third-order valence-corrected chi connectivity index (χ3v) is 6.34. The highest BCUT2D eigenvalue weighted by atomic mass is 32.1. The van der Waals surface area contributed by atoms with Crippen LogP contribution in [0.2, 0.25) is 0 Å². The summed E-state index contributed by atoms with van der Waals surface area (Å²) in [5, 5.41) is 7.54. The smallest absolute Gasteiger partial charge is 0.231 e. The van der Waals surface area contributed by atoms with Crippen molar-refractivity contribution in [2.75, 3.05) is 10.6 Å². The van der Waals surface area contributed by atoms with Gasteiger partial charge in [-0.15, -0.1) is 11.3 Å². The SMILES string of the molecule is CC(=O)Nc1ccc(-c2csc(NC(=O)C3C4CCC(C4)C3N)n2)c(F)c1. The van der Waals surface area contributed by atoms with Gasteiger partial charge in [0.25, 0.3) is 0 Å². The fourth-order valence-corrected chi connectivity index (χ4v) is 5.09. The lowest BCUT2D eigenvalue weighted by atomic mass is 9.84. The van der Waals surface area contributed by atoms with E-state index in [1.807, 2.05) is 0 Å². The lowest BCUT2D eigenvalue weighted by molar-refractivity contribution is -0.121. The first-order chi connectivity index (χ1) is 12.9. The zero-order chi connectivity index (χ0) is 19.1. The molecule has 0 spiro atoms. The van der Waals surface area contributed by atoms with Crippen molar-refractivity contribution in [3.05, 3.63) is 29.4 Å². The van der Waals surface area contributed by atoms with Gasteiger partial charge in [-0.3, -0.25) is 9.59 Å². The highest BCUT2D eigenvalue weighted by Crippen LogP contribution is 2.48. The van der Waals surface area contributed by atoms with E-state index in [2.05, 4.69) is 15.6 Å². The van der Waals surface area contributed by atoms with Gasteiger partial charge in [-0.25, -0.2) is 9.37 Å². The maximum absolute atomic E-state index is 14.4. The van der Waals surface area contributed by atoms with Gasteiger partial charge in [-0.05, 0) is 49.3 Å². The zero-order valence-corrected chi connectivity index (χ0v) is 15.7. The van der Waals surface area contributed by atoms with Gasteiger partial charge < -0.3 is 16.4 Å². The van der Waals surface area contributed by atoms with Crippen LogP contribution in [0, 0.1) is 23.6 Å². The van der Waals surface area contributed by atoms with Crippen molar-refractivity contribution < 1.29 is 14.0 Å². The Morgan fingerprint density at radius 3 is 2.70 bits per heavy atom. The van der Waals surface area contributed by atoms with Crippen LogP contribution in [0.5, 0.6) is 0 Å². The molecule has 4 atom stereocenters. The molecule has 1 heterocycles. The molecule has 0 aliphatic heterocycles. The Kier molecular flexibility index (Phi) is 4.69. The van der Waals surface area contributed by atoms with Crippen LogP contribution in [0.25, 0.3) is 11.3 Å². The van der Waals surface area contributed by atoms with Crippen molar-refractivity contribution in [2.45, 2.75) is 32.2 Å². The number of thiazole rings is 1. The Bertz CT molecular complexity index is 898. The quantitative estimate of drug-likeness (QED) is 0.749. The minimum atomic E-state index is -0.487.